The summed E-state index contributed by atoms with van der Waals surface area (Å²) in [5, 5.41) is 15.8. The third-order valence-electron chi connectivity index (χ3n) is 5.35. The summed E-state index contributed by atoms with van der Waals surface area (Å²) in [6.07, 6.45) is -5.96. The van der Waals surface area contributed by atoms with Crippen LogP contribution in [0.25, 0.3) is 0 Å². The van der Waals surface area contributed by atoms with Gasteiger partial charge in [-0.05, 0) is 19.1 Å². The Kier molecular flexibility index (Phi) is 6.88. The third-order valence-corrected chi connectivity index (χ3v) is 5.35. The Hall–Kier alpha value is -3.69. The van der Waals surface area contributed by atoms with Crippen molar-refractivity contribution in [3.8, 4) is 0 Å². The Morgan fingerprint density at radius 1 is 1.17 bits per heavy atom. The smallest absolute Gasteiger partial charge is 0.378 e. The Labute approximate surface area is 199 Å². The number of hydrogen-bond acceptors (Lipinski definition) is 8. The molecule has 0 aromatic carbocycles. The monoisotopic (exact) mass is 518 g/mol. The molecule has 1 aliphatic heterocycles. The molecule has 1 atom stereocenters. The number of pyridine rings is 1. The van der Waals surface area contributed by atoms with Gasteiger partial charge in [0.05, 0.1) is 42.9 Å². The van der Waals surface area contributed by atoms with Crippen molar-refractivity contribution < 1.29 is 31.1 Å². The van der Waals surface area contributed by atoms with Gasteiger partial charge in [0, 0.05) is 25.3 Å². The predicted octanol–water partition coefficient (Wildman–Crippen LogP) is 2.87. The number of anilines is 2. The SMILES string of the molecule is C[C@H](COCc1cn(C2CN(c3ccc(C(F)(F)F)cn3)C2)nn1)Nc1cn[nH]c(=O)c1C(F)(F)F. The molecule has 36 heavy (non-hydrogen) atoms. The van der Waals surface area contributed by atoms with Gasteiger partial charge in [-0.25, -0.2) is 14.8 Å². The molecule has 0 radical (unpaired) electrons. The molecule has 2 N–H and O–H groups in total. The van der Waals surface area contributed by atoms with Crippen molar-refractivity contribution in [3.05, 3.63) is 57.9 Å². The molecule has 3 aromatic heterocycles. The molecule has 3 aromatic rings. The number of nitrogens with zero attached hydrogens (tertiary/aromatic N) is 6. The molecule has 0 bridgehead atoms. The van der Waals surface area contributed by atoms with Gasteiger partial charge in [-0.3, -0.25) is 4.79 Å². The molecule has 0 aliphatic carbocycles. The lowest BCUT2D eigenvalue weighted by Gasteiger charge is -2.39. The first-order chi connectivity index (χ1) is 16.9. The molecule has 1 fully saturated rings. The lowest BCUT2D eigenvalue weighted by molar-refractivity contribution is -0.138. The zero-order chi connectivity index (χ0) is 26.1. The number of aromatic nitrogens is 6. The topological polar surface area (TPSA) is 114 Å². The van der Waals surface area contributed by atoms with Crippen molar-refractivity contribution in [2.24, 2.45) is 0 Å². The Morgan fingerprint density at radius 2 is 1.92 bits per heavy atom. The number of hydrogen-bond donors (Lipinski definition) is 2. The number of ether oxygens (including phenoxy) is 1. The van der Waals surface area contributed by atoms with Crippen LogP contribution in [-0.4, -0.2) is 55.9 Å². The maximum atomic E-state index is 13.1. The van der Waals surface area contributed by atoms with Crippen molar-refractivity contribution in [1.29, 1.82) is 0 Å². The van der Waals surface area contributed by atoms with E-state index < -0.39 is 40.8 Å². The fourth-order valence-corrected chi connectivity index (χ4v) is 3.54. The van der Waals surface area contributed by atoms with Crippen molar-refractivity contribution in [2.45, 2.75) is 38.0 Å². The number of halogens is 6. The van der Waals surface area contributed by atoms with E-state index in [1.54, 1.807) is 27.8 Å². The fraction of sp³-hybridized carbons (Fsp3) is 0.450. The minimum absolute atomic E-state index is 0.00769. The second kappa shape index (κ2) is 9.75. The van der Waals surface area contributed by atoms with Crippen LogP contribution in [0.15, 0.2) is 35.5 Å². The van der Waals surface area contributed by atoms with Crippen molar-refractivity contribution in [3.63, 3.8) is 0 Å². The molecule has 4 heterocycles. The Morgan fingerprint density at radius 3 is 2.56 bits per heavy atom. The second-order valence-corrected chi connectivity index (χ2v) is 8.20. The summed E-state index contributed by atoms with van der Waals surface area (Å²) >= 11 is 0. The minimum atomic E-state index is -4.85. The van der Waals surface area contributed by atoms with Crippen LogP contribution in [0, 0.1) is 0 Å². The van der Waals surface area contributed by atoms with E-state index in [1.807, 2.05) is 0 Å². The quantitative estimate of drug-likeness (QED) is 0.438. The van der Waals surface area contributed by atoms with Crippen LogP contribution in [0.2, 0.25) is 0 Å². The minimum Gasteiger partial charge on any atom is -0.378 e. The van der Waals surface area contributed by atoms with E-state index >= 15 is 0 Å². The van der Waals surface area contributed by atoms with E-state index in [-0.39, 0.29) is 19.3 Å². The zero-order valence-electron chi connectivity index (χ0n) is 18.6. The number of nitrogens with one attached hydrogen (secondary N) is 2. The molecular formula is C20H20F6N8O2. The average Bonchev–Trinajstić information content (AvgIpc) is 3.20. The van der Waals surface area contributed by atoms with Gasteiger partial charge in [0.15, 0.2) is 0 Å². The van der Waals surface area contributed by atoms with Crippen LogP contribution < -0.4 is 15.8 Å². The van der Waals surface area contributed by atoms with E-state index in [0.717, 1.165) is 18.5 Å². The molecular weight excluding hydrogens is 498 g/mol. The van der Waals surface area contributed by atoms with Crippen molar-refractivity contribution in [2.75, 3.05) is 29.9 Å². The number of alkyl halides is 6. The first kappa shape index (κ1) is 25.4. The van der Waals surface area contributed by atoms with Crippen LogP contribution in [0.3, 0.4) is 0 Å². The fourth-order valence-electron chi connectivity index (χ4n) is 3.54. The summed E-state index contributed by atoms with van der Waals surface area (Å²) in [7, 11) is 0. The zero-order valence-corrected chi connectivity index (χ0v) is 18.6. The maximum absolute atomic E-state index is 13.1. The molecule has 0 amide bonds. The van der Waals surface area contributed by atoms with Gasteiger partial charge in [0.25, 0.3) is 5.56 Å². The van der Waals surface area contributed by atoms with Gasteiger partial charge in [-0.1, -0.05) is 5.21 Å². The highest BCUT2D eigenvalue weighted by molar-refractivity contribution is 5.50. The van der Waals surface area contributed by atoms with Crippen LogP contribution >= 0.6 is 0 Å². The highest BCUT2D eigenvalue weighted by Crippen LogP contribution is 2.32. The lowest BCUT2D eigenvalue weighted by atomic mass is 10.1. The third kappa shape index (κ3) is 5.75. The van der Waals surface area contributed by atoms with E-state index in [2.05, 4.69) is 25.7 Å². The summed E-state index contributed by atoms with van der Waals surface area (Å²) in [5.74, 6) is 0.425. The number of aromatic amines is 1. The summed E-state index contributed by atoms with van der Waals surface area (Å²) in [5.41, 5.74) is -3.50. The molecule has 0 saturated carbocycles. The van der Waals surface area contributed by atoms with Gasteiger partial charge in [0.1, 0.15) is 17.1 Å². The predicted molar refractivity (Wildman–Crippen MR) is 113 cm³/mol. The largest absolute Gasteiger partial charge is 0.423 e. The molecule has 1 aliphatic rings. The van der Waals surface area contributed by atoms with Crippen LogP contribution in [0.5, 0.6) is 0 Å². The highest BCUT2D eigenvalue weighted by atomic mass is 19.4. The van der Waals surface area contributed by atoms with E-state index in [4.69, 9.17) is 4.74 Å². The van der Waals surface area contributed by atoms with Gasteiger partial charge < -0.3 is 15.0 Å². The molecule has 194 valence electrons. The molecule has 16 heteroatoms. The number of H-pyrrole nitrogens is 1. The second-order valence-electron chi connectivity index (χ2n) is 8.20. The maximum Gasteiger partial charge on any atom is 0.423 e. The van der Waals surface area contributed by atoms with Crippen molar-refractivity contribution in [1.82, 2.24) is 30.2 Å². The summed E-state index contributed by atoms with van der Waals surface area (Å²) in [6, 6.07) is 1.66. The van der Waals surface area contributed by atoms with Gasteiger partial charge >= 0.3 is 12.4 Å². The van der Waals surface area contributed by atoms with Crippen LogP contribution in [0.4, 0.5) is 37.8 Å². The molecule has 1 saturated heterocycles. The van der Waals surface area contributed by atoms with Gasteiger partial charge in [0.2, 0.25) is 0 Å². The highest BCUT2D eigenvalue weighted by Gasteiger charge is 2.37. The Bertz CT molecular complexity index is 1230. The van der Waals surface area contributed by atoms with Crippen LogP contribution in [0.1, 0.15) is 29.8 Å². The number of rotatable bonds is 8. The van der Waals surface area contributed by atoms with Crippen LogP contribution in [-0.2, 0) is 23.7 Å². The van der Waals surface area contributed by atoms with Crippen molar-refractivity contribution >= 4 is 11.5 Å². The standard InChI is InChI=1S/C20H20F6N8O2/c1-11(29-15-5-28-31-18(35)17(15)20(24,25)26)9-36-10-13-6-34(32-30-13)14-7-33(8-14)16-3-2-12(4-27-16)19(21,22)23/h2-6,11,14H,7-10H2,1H3,(H2,29,31,35)/t11-/m1/s1. The van der Waals surface area contributed by atoms with E-state index in [0.29, 0.717) is 24.6 Å². The van der Waals surface area contributed by atoms with E-state index in [1.165, 1.54) is 6.07 Å². The summed E-state index contributed by atoms with van der Waals surface area (Å²) < 4.78 is 84.5. The lowest BCUT2D eigenvalue weighted by Crippen LogP contribution is -2.48. The van der Waals surface area contributed by atoms with Gasteiger partial charge in [-0.15, -0.1) is 5.10 Å². The first-order valence-electron chi connectivity index (χ1n) is 10.6. The summed E-state index contributed by atoms with van der Waals surface area (Å²) in [4.78, 5) is 17.2. The first-order valence-corrected chi connectivity index (χ1v) is 10.6. The van der Waals surface area contributed by atoms with E-state index in [9.17, 15) is 31.1 Å². The Balaban J connectivity index is 1.24. The molecule has 4 rings (SSSR count). The molecule has 10 nitrogen and oxygen atoms in total. The average molecular weight is 518 g/mol. The molecule has 0 spiro atoms. The molecule has 0 unspecified atom stereocenters. The normalized spacial score (nSPS) is 15.6. The van der Waals surface area contributed by atoms with Gasteiger partial charge in [-0.2, -0.15) is 31.4 Å². The summed E-state index contributed by atoms with van der Waals surface area (Å²) in [6.45, 7) is 2.59.